The molecule has 3 aromatic rings. The fourth-order valence-electron chi connectivity index (χ4n) is 3.16. The summed E-state index contributed by atoms with van der Waals surface area (Å²) in [5.41, 5.74) is 1.26. The maximum atomic E-state index is 12.4. The molecule has 1 unspecified atom stereocenters. The molecule has 0 bridgehead atoms. The second-order valence-electron chi connectivity index (χ2n) is 7.65. The van der Waals surface area contributed by atoms with Crippen LogP contribution >= 0.6 is 24.0 Å². The van der Waals surface area contributed by atoms with Gasteiger partial charge in [0.05, 0.1) is 25.9 Å². The molecular formula is C25H31IN4O3. The fraction of sp³-hybridized carbons (Fsp3) is 0.280. The number of halogens is 1. The van der Waals surface area contributed by atoms with Crippen molar-refractivity contribution in [2.24, 2.45) is 4.99 Å². The zero-order chi connectivity index (χ0) is 22.8. The van der Waals surface area contributed by atoms with Gasteiger partial charge in [-0.05, 0) is 49.2 Å². The highest BCUT2D eigenvalue weighted by atomic mass is 127. The van der Waals surface area contributed by atoms with Gasteiger partial charge in [0.25, 0.3) is 5.91 Å². The van der Waals surface area contributed by atoms with Gasteiger partial charge in [-0.15, -0.1) is 24.0 Å². The molecule has 0 radical (unpaired) electrons. The number of hydrogen-bond acceptors (Lipinski definition) is 4. The van der Waals surface area contributed by atoms with Crippen LogP contribution in [0.15, 0.2) is 82.4 Å². The summed E-state index contributed by atoms with van der Waals surface area (Å²) in [4.78, 5) is 17.0. The van der Waals surface area contributed by atoms with Gasteiger partial charge in [0.15, 0.2) is 5.96 Å². The average molecular weight is 562 g/mol. The summed E-state index contributed by atoms with van der Waals surface area (Å²) in [7, 11) is 0. The highest BCUT2D eigenvalue weighted by Crippen LogP contribution is 2.18. The normalized spacial score (nSPS) is 12.9. The lowest BCUT2D eigenvalue weighted by Crippen LogP contribution is -2.44. The van der Waals surface area contributed by atoms with Crippen molar-refractivity contribution >= 4 is 35.8 Å². The number of carbonyl (C=O) groups is 1. The zero-order valence-electron chi connectivity index (χ0n) is 18.9. The summed E-state index contributed by atoms with van der Waals surface area (Å²) in [5.74, 6) is 1.12. The van der Waals surface area contributed by atoms with Gasteiger partial charge in [0, 0.05) is 12.1 Å². The highest BCUT2D eigenvalue weighted by molar-refractivity contribution is 14.0. The Labute approximate surface area is 211 Å². The first-order valence-corrected chi connectivity index (χ1v) is 10.7. The van der Waals surface area contributed by atoms with Crippen LogP contribution in [-0.4, -0.2) is 30.1 Å². The molecule has 0 spiro atoms. The van der Waals surface area contributed by atoms with E-state index in [-0.39, 0.29) is 29.9 Å². The predicted molar refractivity (Wildman–Crippen MR) is 141 cm³/mol. The topological polar surface area (TPSA) is 98.9 Å². The minimum absolute atomic E-state index is 0. The van der Waals surface area contributed by atoms with E-state index in [1.807, 2.05) is 61.5 Å². The molecule has 176 valence electrons. The second-order valence-corrected chi connectivity index (χ2v) is 7.65. The van der Waals surface area contributed by atoms with Crippen LogP contribution in [0, 0.1) is 0 Å². The number of furan rings is 1. The van der Waals surface area contributed by atoms with Gasteiger partial charge in [-0.2, -0.15) is 0 Å². The number of hydrogen-bond donors (Lipinski definition) is 4. The number of benzene rings is 2. The molecule has 0 aliphatic heterocycles. The van der Waals surface area contributed by atoms with Crippen molar-refractivity contribution in [3.63, 3.8) is 0 Å². The van der Waals surface area contributed by atoms with Crippen molar-refractivity contribution in [2.45, 2.75) is 32.5 Å². The number of carbonyl (C=O) groups excluding carboxylic acids is 1. The third-order valence-electron chi connectivity index (χ3n) is 4.95. The molecule has 0 aliphatic rings. The molecule has 0 saturated carbocycles. The lowest BCUT2D eigenvalue weighted by atomic mass is 9.96. The lowest BCUT2D eigenvalue weighted by Gasteiger charge is -2.25. The van der Waals surface area contributed by atoms with E-state index in [4.69, 9.17) is 4.42 Å². The first-order valence-electron chi connectivity index (χ1n) is 10.7. The molecule has 1 amide bonds. The smallest absolute Gasteiger partial charge is 0.251 e. The van der Waals surface area contributed by atoms with Crippen LogP contribution in [0.25, 0.3) is 0 Å². The number of nitrogens with zero attached hydrogens (tertiary/aromatic N) is 1. The second kappa shape index (κ2) is 13.0. The molecule has 0 aliphatic carbocycles. The molecule has 0 saturated heterocycles. The molecule has 7 nitrogen and oxygen atoms in total. The molecule has 1 aromatic heterocycles. The first kappa shape index (κ1) is 26.4. The molecule has 4 N–H and O–H groups in total. The number of guanidine groups is 1. The number of amides is 1. The Morgan fingerprint density at radius 3 is 2.52 bits per heavy atom. The van der Waals surface area contributed by atoms with Crippen LogP contribution < -0.4 is 16.0 Å². The van der Waals surface area contributed by atoms with Crippen molar-refractivity contribution in [3.05, 3.63) is 95.4 Å². The molecule has 2 aromatic carbocycles. The Morgan fingerprint density at radius 2 is 1.82 bits per heavy atom. The van der Waals surface area contributed by atoms with E-state index in [1.165, 1.54) is 0 Å². The van der Waals surface area contributed by atoms with Gasteiger partial charge in [-0.3, -0.25) is 4.79 Å². The van der Waals surface area contributed by atoms with Gasteiger partial charge in [-0.25, -0.2) is 4.99 Å². The van der Waals surface area contributed by atoms with E-state index in [2.05, 4.69) is 20.9 Å². The lowest BCUT2D eigenvalue weighted by molar-refractivity contribution is 0.0617. The van der Waals surface area contributed by atoms with Crippen molar-refractivity contribution < 1.29 is 14.3 Å². The van der Waals surface area contributed by atoms with Crippen LogP contribution in [0.1, 0.15) is 41.1 Å². The monoisotopic (exact) mass is 562 g/mol. The van der Waals surface area contributed by atoms with Gasteiger partial charge in [0.2, 0.25) is 0 Å². The van der Waals surface area contributed by atoms with Crippen LogP contribution in [-0.2, 0) is 18.7 Å². The molecule has 0 fully saturated rings. The summed E-state index contributed by atoms with van der Waals surface area (Å²) in [5, 5.41) is 20.0. The van der Waals surface area contributed by atoms with E-state index < -0.39 is 5.60 Å². The molecule has 33 heavy (non-hydrogen) atoms. The maximum absolute atomic E-state index is 12.4. The van der Waals surface area contributed by atoms with Crippen molar-refractivity contribution in [1.29, 1.82) is 0 Å². The van der Waals surface area contributed by atoms with Gasteiger partial charge >= 0.3 is 0 Å². The number of aliphatic hydroxyl groups is 1. The molecular weight excluding hydrogens is 531 g/mol. The Kier molecular flexibility index (Phi) is 10.4. The summed E-state index contributed by atoms with van der Waals surface area (Å²) in [6.45, 7) is 5.47. The number of rotatable bonds is 9. The molecule has 3 rings (SSSR count). The largest absolute Gasteiger partial charge is 0.467 e. The summed E-state index contributed by atoms with van der Waals surface area (Å²) in [6, 6.07) is 20.5. The first-order chi connectivity index (χ1) is 15.5. The van der Waals surface area contributed by atoms with Gasteiger partial charge < -0.3 is 25.5 Å². The van der Waals surface area contributed by atoms with E-state index in [0.29, 0.717) is 43.5 Å². The molecule has 1 atom stereocenters. The van der Waals surface area contributed by atoms with Crippen LogP contribution in [0.3, 0.4) is 0 Å². The van der Waals surface area contributed by atoms with Crippen molar-refractivity contribution in [2.75, 3.05) is 13.1 Å². The summed E-state index contributed by atoms with van der Waals surface area (Å²) < 4.78 is 5.24. The number of aliphatic imine (C=N–C) groups is 1. The number of nitrogens with one attached hydrogen (secondary N) is 3. The van der Waals surface area contributed by atoms with Gasteiger partial charge in [-0.1, -0.05) is 42.5 Å². The van der Waals surface area contributed by atoms with E-state index in [1.54, 1.807) is 25.3 Å². The fourth-order valence-corrected chi connectivity index (χ4v) is 3.16. The van der Waals surface area contributed by atoms with E-state index in [0.717, 1.165) is 11.1 Å². The quantitative estimate of drug-likeness (QED) is 0.181. The molecule has 1 heterocycles. The summed E-state index contributed by atoms with van der Waals surface area (Å²) >= 11 is 0. The maximum Gasteiger partial charge on any atom is 0.251 e. The Bertz CT molecular complexity index is 1020. The third kappa shape index (κ3) is 8.21. The van der Waals surface area contributed by atoms with Crippen molar-refractivity contribution in [3.8, 4) is 0 Å². The minimum atomic E-state index is -1.04. The Balaban J connectivity index is 0.00000385. The van der Waals surface area contributed by atoms with E-state index >= 15 is 0 Å². The van der Waals surface area contributed by atoms with Crippen LogP contribution in [0.4, 0.5) is 0 Å². The molecule has 8 heteroatoms. The van der Waals surface area contributed by atoms with E-state index in [9.17, 15) is 9.90 Å². The standard InChI is InChI=1S/C25H30N4O3.HI/c1-3-26-24(29-18-25(2,31)21-11-5-4-6-12-21)28-16-19-9-7-10-20(15-19)23(30)27-17-22-13-8-14-32-22;/h4-15,31H,3,16-18H2,1-2H3,(H,27,30)(H2,26,28,29);1H. The Morgan fingerprint density at radius 1 is 1.03 bits per heavy atom. The minimum Gasteiger partial charge on any atom is -0.467 e. The SMILES string of the molecule is CCNC(=NCc1cccc(C(=O)NCc2ccco2)c1)NCC(C)(O)c1ccccc1.I. The average Bonchev–Trinajstić information content (AvgIpc) is 3.34. The Hall–Kier alpha value is -2.85. The van der Waals surface area contributed by atoms with Gasteiger partial charge in [0.1, 0.15) is 11.4 Å². The predicted octanol–water partition coefficient (Wildman–Crippen LogP) is 3.79. The van der Waals surface area contributed by atoms with Crippen LogP contribution in [0.5, 0.6) is 0 Å². The third-order valence-corrected chi connectivity index (χ3v) is 4.95. The summed E-state index contributed by atoms with van der Waals surface area (Å²) in [6.07, 6.45) is 1.58. The van der Waals surface area contributed by atoms with Crippen molar-refractivity contribution in [1.82, 2.24) is 16.0 Å². The zero-order valence-corrected chi connectivity index (χ0v) is 21.2. The highest BCUT2D eigenvalue weighted by Gasteiger charge is 2.22. The van der Waals surface area contributed by atoms with Crippen LogP contribution in [0.2, 0.25) is 0 Å².